The average molecular weight is 255 g/mol. The van der Waals surface area contributed by atoms with Gasteiger partial charge < -0.3 is 5.11 Å². The number of amides is 2. The molecule has 0 aliphatic carbocycles. The van der Waals surface area contributed by atoms with E-state index in [0.717, 1.165) is 10.8 Å². The largest absolute Gasteiger partial charge is 0.393 e. The monoisotopic (exact) mass is 255 g/mol. The number of benzene rings is 2. The van der Waals surface area contributed by atoms with E-state index in [4.69, 9.17) is 0 Å². The second-order valence-electron chi connectivity index (χ2n) is 4.84. The maximum absolute atomic E-state index is 11.9. The van der Waals surface area contributed by atoms with Gasteiger partial charge in [0.05, 0.1) is 17.2 Å². The topological polar surface area (TPSA) is 66.4 Å². The summed E-state index contributed by atoms with van der Waals surface area (Å²) >= 11 is 0. The minimum absolute atomic E-state index is 0.355. The van der Waals surface area contributed by atoms with Crippen LogP contribution in [0.2, 0.25) is 0 Å². The summed E-state index contributed by atoms with van der Waals surface area (Å²) in [4.78, 5) is 23.8. The minimum Gasteiger partial charge on any atom is -0.393 e. The molecule has 1 heterocycles. The maximum Gasteiger partial charge on any atom is 0.259 e. The number of hydrogen-bond donors (Lipinski definition) is 2. The number of hydrogen-bond acceptors (Lipinski definition) is 3. The van der Waals surface area contributed by atoms with Gasteiger partial charge in [0.2, 0.25) is 0 Å². The molecule has 2 amide bonds. The van der Waals surface area contributed by atoms with Gasteiger partial charge in [0.25, 0.3) is 11.8 Å². The summed E-state index contributed by atoms with van der Waals surface area (Å²) in [5.41, 5.74) is 1.55. The van der Waals surface area contributed by atoms with Crippen molar-refractivity contribution in [1.82, 2.24) is 5.32 Å². The van der Waals surface area contributed by atoms with E-state index < -0.39 is 6.10 Å². The van der Waals surface area contributed by atoms with Gasteiger partial charge in [-0.15, -0.1) is 0 Å². The van der Waals surface area contributed by atoms with Crippen molar-refractivity contribution in [3.63, 3.8) is 0 Å². The Morgan fingerprint density at radius 1 is 1.16 bits per heavy atom. The molecule has 1 unspecified atom stereocenters. The first-order valence-electron chi connectivity index (χ1n) is 6.16. The van der Waals surface area contributed by atoms with Crippen molar-refractivity contribution in [1.29, 1.82) is 0 Å². The summed E-state index contributed by atoms with van der Waals surface area (Å²) in [7, 11) is 0. The molecule has 2 aromatic carbocycles. The Balaban J connectivity index is 2.36. The lowest BCUT2D eigenvalue weighted by molar-refractivity contribution is 0.0880. The van der Waals surface area contributed by atoms with Crippen LogP contribution in [0.15, 0.2) is 30.3 Å². The summed E-state index contributed by atoms with van der Waals surface area (Å²) in [5.74, 6) is -0.731. The predicted molar refractivity (Wildman–Crippen MR) is 71.1 cm³/mol. The summed E-state index contributed by atoms with van der Waals surface area (Å²) in [5, 5.41) is 13.6. The highest BCUT2D eigenvalue weighted by Gasteiger charge is 2.31. The predicted octanol–water partition coefficient (Wildman–Crippen LogP) is 1.65. The average Bonchev–Trinajstić information content (AvgIpc) is 2.65. The number of fused-ring (bicyclic) bond motifs is 3. The van der Waals surface area contributed by atoms with E-state index in [1.54, 1.807) is 6.92 Å². The summed E-state index contributed by atoms with van der Waals surface area (Å²) < 4.78 is 0. The molecule has 0 saturated carbocycles. The number of nitrogens with one attached hydrogen (secondary N) is 1. The molecular weight excluding hydrogens is 242 g/mol. The SMILES string of the molecule is CC(O)Cc1cc2ccccc2c2c1C(=O)NC2=O. The Kier molecular flexibility index (Phi) is 2.61. The molecule has 2 N–H and O–H groups in total. The molecule has 4 heteroatoms. The molecular formula is C15H13NO3. The summed E-state index contributed by atoms with van der Waals surface area (Å²) in [6.07, 6.45) is -0.206. The number of carbonyl (C=O) groups is 2. The highest BCUT2D eigenvalue weighted by atomic mass is 16.3. The van der Waals surface area contributed by atoms with Crippen LogP contribution in [0.4, 0.5) is 0 Å². The van der Waals surface area contributed by atoms with Gasteiger partial charge >= 0.3 is 0 Å². The summed E-state index contributed by atoms with van der Waals surface area (Å²) in [6.45, 7) is 1.66. The first-order chi connectivity index (χ1) is 9.08. The van der Waals surface area contributed by atoms with Crippen LogP contribution in [-0.4, -0.2) is 23.0 Å². The molecule has 0 bridgehead atoms. The molecule has 1 aliphatic heterocycles. The molecule has 1 aliphatic rings. The van der Waals surface area contributed by atoms with Crippen LogP contribution >= 0.6 is 0 Å². The van der Waals surface area contributed by atoms with Crippen molar-refractivity contribution in [3.8, 4) is 0 Å². The number of rotatable bonds is 2. The molecule has 19 heavy (non-hydrogen) atoms. The fourth-order valence-electron chi connectivity index (χ4n) is 2.61. The van der Waals surface area contributed by atoms with Crippen LogP contribution in [0.5, 0.6) is 0 Å². The van der Waals surface area contributed by atoms with E-state index in [1.807, 2.05) is 30.3 Å². The highest BCUT2D eigenvalue weighted by molar-refractivity contribution is 6.27. The van der Waals surface area contributed by atoms with Crippen LogP contribution in [0.25, 0.3) is 10.8 Å². The number of carbonyl (C=O) groups excluding carboxylic acids is 2. The van der Waals surface area contributed by atoms with Crippen molar-refractivity contribution in [2.24, 2.45) is 0 Å². The van der Waals surface area contributed by atoms with Crippen molar-refractivity contribution in [2.45, 2.75) is 19.4 Å². The quantitative estimate of drug-likeness (QED) is 0.802. The smallest absolute Gasteiger partial charge is 0.259 e. The van der Waals surface area contributed by atoms with E-state index in [1.165, 1.54) is 0 Å². The van der Waals surface area contributed by atoms with Crippen LogP contribution in [0, 0.1) is 0 Å². The van der Waals surface area contributed by atoms with Crippen LogP contribution in [0.1, 0.15) is 33.2 Å². The van der Waals surface area contributed by atoms with Crippen molar-refractivity contribution >= 4 is 22.6 Å². The van der Waals surface area contributed by atoms with Gasteiger partial charge in [0.1, 0.15) is 0 Å². The zero-order valence-electron chi connectivity index (χ0n) is 10.4. The number of aliphatic hydroxyl groups is 1. The first kappa shape index (κ1) is 11.9. The van der Waals surface area contributed by atoms with E-state index >= 15 is 0 Å². The standard InChI is InChI=1S/C15H13NO3/c1-8(17)6-10-7-9-4-2-3-5-11(9)13-12(10)14(18)16-15(13)19/h2-5,7-8,17H,6H2,1H3,(H,16,18,19). The van der Waals surface area contributed by atoms with Crippen molar-refractivity contribution in [3.05, 3.63) is 47.0 Å². The van der Waals surface area contributed by atoms with Crippen LogP contribution in [0.3, 0.4) is 0 Å². The molecule has 1 atom stereocenters. The molecule has 0 fully saturated rings. The lowest BCUT2D eigenvalue weighted by atomic mass is 9.93. The molecule has 0 aromatic heterocycles. The lowest BCUT2D eigenvalue weighted by Crippen LogP contribution is -2.20. The first-order valence-corrected chi connectivity index (χ1v) is 6.16. The van der Waals surface area contributed by atoms with Gasteiger partial charge in [0.15, 0.2) is 0 Å². The zero-order valence-corrected chi connectivity index (χ0v) is 10.4. The maximum atomic E-state index is 11.9. The molecule has 96 valence electrons. The third kappa shape index (κ3) is 1.81. The molecule has 0 saturated heterocycles. The second-order valence-corrected chi connectivity index (χ2v) is 4.84. The van der Waals surface area contributed by atoms with Crippen molar-refractivity contribution in [2.75, 3.05) is 0 Å². The molecule has 4 nitrogen and oxygen atoms in total. The van der Waals surface area contributed by atoms with Gasteiger partial charge in [-0.05, 0) is 29.7 Å². The fraction of sp³-hybridized carbons (Fsp3) is 0.200. The Morgan fingerprint density at radius 2 is 1.84 bits per heavy atom. The highest BCUT2D eigenvalue weighted by Crippen LogP contribution is 2.30. The van der Waals surface area contributed by atoms with Crippen LogP contribution in [-0.2, 0) is 6.42 Å². The minimum atomic E-state index is -0.561. The Hall–Kier alpha value is -2.20. The molecule has 0 radical (unpaired) electrons. The lowest BCUT2D eigenvalue weighted by Gasteiger charge is -2.11. The van der Waals surface area contributed by atoms with Crippen LogP contribution < -0.4 is 5.32 Å². The van der Waals surface area contributed by atoms with E-state index in [-0.39, 0.29) is 11.8 Å². The third-order valence-corrected chi connectivity index (χ3v) is 3.33. The van der Waals surface area contributed by atoms with E-state index in [0.29, 0.717) is 23.1 Å². The zero-order chi connectivity index (χ0) is 13.6. The third-order valence-electron chi connectivity index (χ3n) is 3.33. The van der Waals surface area contributed by atoms with Gasteiger partial charge in [-0.25, -0.2) is 0 Å². The van der Waals surface area contributed by atoms with Gasteiger partial charge in [0, 0.05) is 0 Å². The Labute approximate surface area is 110 Å². The summed E-state index contributed by atoms with van der Waals surface area (Å²) in [6, 6.07) is 9.33. The van der Waals surface area contributed by atoms with E-state index in [9.17, 15) is 14.7 Å². The number of aliphatic hydroxyl groups excluding tert-OH is 1. The normalized spacial score (nSPS) is 15.5. The number of imide groups is 1. The Bertz CT molecular complexity index is 704. The fourth-order valence-corrected chi connectivity index (χ4v) is 2.61. The molecule has 0 spiro atoms. The van der Waals surface area contributed by atoms with Gasteiger partial charge in [-0.3, -0.25) is 14.9 Å². The van der Waals surface area contributed by atoms with E-state index in [2.05, 4.69) is 5.32 Å². The van der Waals surface area contributed by atoms with Crippen molar-refractivity contribution < 1.29 is 14.7 Å². The second kappa shape index (κ2) is 4.17. The molecule has 2 aromatic rings. The molecule has 3 rings (SSSR count). The Morgan fingerprint density at radius 3 is 2.58 bits per heavy atom. The van der Waals surface area contributed by atoms with Gasteiger partial charge in [-0.1, -0.05) is 30.3 Å². The van der Waals surface area contributed by atoms with Gasteiger partial charge in [-0.2, -0.15) is 0 Å².